The SMILES string of the molecule is Cc1cc(C#Cc2ccc3c(n2)OCCN3)cnc1-n1c(CC(CN)=C(F)F)n[nH]c1=O.O=C(O)C(F)(F)F.O=C(O)C(F)(F)F. The van der Waals surface area contributed by atoms with Gasteiger partial charge in [0.2, 0.25) is 5.88 Å². The van der Waals surface area contributed by atoms with E-state index in [1.54, 1.807) is 19.1 Å². The summed E-state index contributed by atoms with van der Waals surface area (Å²) >= 11 is 0. The lowest BCUT2D eigenvalue weighted by Crippen LogP contribution is -2.21. The lowest BCUT2D eigenvalue weighted by molar-refractivity contribution is -0.193. The molecule has 1 aliphatic rings. The molecule has 1 aliphatic heterocycles. The Morgan fingerprint density at radius 2 is 1.70 bits per heavy atom. The molecule has 0 fully saturated rings. The Bertz CT molecular complexity index is 1690. The first-order chi connectivity index (χ1) is 21.3. The van der Waals surface area contributed by atoms with Gasteiger partial charge in [-0.05, 0) is 36.6 Å². The number of nitrogens with zero attached hydrogens (tertiary/aromatic N) is 4. The number of ether oxygens (including phenoxy) is 1. The number of carboxylic acids is 2. The van der Waals surface area contributed by atoms with Gasteiger partial charge in [-0.3, -0.25) is 0 Å². The fraction of sp³-hybridized carbons (Fsp3) is 0.280. The van der Waals surface area contributed by atoms with Gasteiger partial charge in [-0.25, -0.2) is 34.0 Å². The number of aryl methyl sites for hydroxylation is 1. The third-order valence-corrected chi connectivity index (χ3v) is 5.23. The number of H-pyrrole nitrogens is 1. The van der Waals surface area contributed by atoms with Gasteiger partial charge in [0.25, 0.3) is 6.08 Å². The number of carbonyl (C=O) groups is 2. The van der Waals surface area contributed by atoms with Crippen LogP contribution in [0.3, 0.4) is 0 Å². The Balaban J connectivity index is 0.000000440. The Kier molecular flexibility index (Phi) is 12.3. The summed E-state index contributed by atoms with van der Waals surface area (Å²) in [5, 5.41) is 23.6. The first-order valence-corrected chi connectivity index (χ1v) is 12.2. The van der Waals surface area contributed by atoms with Crippen molar-refractivity contribution in [1.29, 1.82) is 0 Å². The number of nitrogens with two attached hydrogens (primary N) is 1. The van der Waals surface area contributed by atoms with Crippen LogP contribution in [0.25, 0.3) is 5.82 Å². The maximum Gasteiger partial charge on any atom is 0.490 e. The molecular weight excluding hydrogens is 646 g/mol. The van der Waals surface area contributed by atoms with Gasteiger partial charge in [0.05, 0.1) is 5.69 Å². The Hall–Kier alpha value is -5.52. The van der Waals surface area contributed by atoms with Crippen LogP contribution in [0.15, 0.2) is 40.8 Å². The van der Waals surface area contributed by atoms with Crippen molar-refractivity contribution < 1.29 is 59.7 Å². The van der Waals surface area contributed by atoms with Gasteiger partial charge in [0, 0.05) is 36.8 Å². The second-order valence-electron chi connectivity index (χ2n) is 8.57. The highest BCUT2D eigenvalue weighted by Gasteiger charge is 2.38. The topological polar surface area (TPSA) is 198 Å². The zero-order chi connectivity index (χ0) is 34.8. The maximum atomic E-state index is 13.0. The quantitative estimate of drug-likeness (QED) is 0.203. The van der Waals surface area contributed by atoms with Crippen LogP contribution in [0.1, 0.15) is 22.6 Å². The molecular formula is C25H21F8N7O6. The van der Waals surface area contributed by atoms with E-state index in [0.717, 1.165) is 16.8 Å². The largest absolute Gasteiger partial charge is 0.490 e. The van der Waals surface area contributed by atoms with Gasteiger partial charge < -0.3 is 26.0 Å². The molecule has 0 saturated carbocycles. The third kappa shape index (κ3) is 10.6. The van der Waals surface area contributed by atoms with E-state index >= 15 is 0 Å². The first-order valence-electron chi connectivity index (χ1n) is 12.2. The van der Waals surface area contributed by atoms with E-state index in [0.29, 0.717) is 29.3 Å². The molecule has 4 heterocycles. The molecule has 248 valence electrons. The summed E-state index contributed by atoms with van der Waals surface area (Å²) in [6, 6.07) is 5.38. The number of hydrogen-bond acceptors (Lipinski definition) is 9. The molecule has 0 aliphatic carbocycles. The number of hydrogen-bond donors (Lipinski definition) is 5. The van der Waals surface area contributed by atoms with Crippen LogP contribution in [0.2, 0.25) is 0 Å². The van der Waals surface area contributed by atoms with Crippen molar-refractivity contribution in [2.45, 2.75) is 25.7 Å². The predicted octanol–water partition coefficient (Wildman–Crippen LogP) is 2.78. The number of nitrogens with one attached hydrogen (secondary N) is 2. The standard InChI is InChI=1S/C21H19F2N7O2.2C2HF3O2/c1-12-8-13(2-3-15-4-5-16-20(27-15)32-7-6-25-16)11-26-19(12)30-17(28-29-21(30)31)9-14(10-24)18(22)23;2*3-2(4,5)1(6)7/h4-5,8,11,25H,6-7,9-10,24H2,1H3,(H,29,31);2*(H,6,7). The summed E-state index contributed by atoms with van der Waals surface area (Å²) in [5.41, 5.74) is 7.06. The van der Waals surface area contributed by atoms with E-state index in [9.17, 15) is 39.9 Å². The van der Waals surface area contributed by atoms with E-state index in [1.165, 1.54) is 6.20 Å². The monoisotopic (exact) mass is 667 g/mol. The molecule has 0 spiro atoms. The van der Waals surface area contributed by atoms with Crippen molar-refractivity contribution in [3.8, 4) is 23.5 Å². The Morgan fingerprint density at radius 1 is 1.09 bits per heavy atom. The average molecular weight is 667 g/mol. The van der Waals surface area contributed by atoms with Crippen LogP contribution in [0.5, 0.6) is 5.88 Å². The molecule has 13 nitrogen and oxygen atoms in total. The number of halogens is 8. The molecule has 0 amide bonds. The van der Waals surface area contributed by atoms with Crippen LogP contribution in [0.4, 0.5) is 40.8 Å². The fourth-order valence-corrected chi connectivity index (χ4v) is 3.17. The molecule has 0 aromatic carbocycles. The van der Waals surface area contributed by atoms with Gasteiger partial charge in [-0.2, -0.15) is 40.2 Å². The van der Waals surface area contributed by atoms with Gasteiger partial charge in [0.15, 0.2) is 0 Å². The summed E-state index contributed by atoms with van der Waals surface area (Å²) in [4.78, 5) is 38.7. The van der Waals surface area contributed by atoms with Gasteiger partial charge in [-0.1, -0.05) is 5.92 Å². The van der Waals surface area contributed by atoms with Crippen molar-refractivity contribution >= 4 is 17.6 Å². The molecule has 0 unspecified atom stereocenters. The Labute approximate surface area is 251 Å². The van der Waals surface area contributed by atoms with Crippen LogP contribution >= 0.6 is 0 Å². The van der Waals surface area contributed by atoms with Crippen LogP contribution in [-0.2, 0) is 16.0 Å². The van der Waals surface area contributed by atoms with Crippen LogP contribution < -0.4 is 21.5 Å². The van der Waals surface area contributed by atoms with Crippen molar-refractivity contribution in [2.24, 2.45) is 5.73 Å². The number of fused-ring (bicyclic) bond motifs is 1. The summed E-state index contributed by atoms with van der Waals surface area (Å²) in [6.07, 6.45) is -10.8. The minimum absolute atomic E-state index is 0.0875. The molecule has 0 atom stereocenters. The first kappa shape index (κ1) is 36.7. The second-order valence-corrected chi connectivity index (χ2v) is 8.57. The number of anilines is 1. The summed E-state index contributed by atoms with van der Waals surface area (Å²) in [7, 11) is 0. The van der Waals surface area contributed by atoms with Crippen molar-refractivity contribution in [3.63, 3.8) is 0 Å². The number of rotatable bonds is 4. The molecule has 4 rings (SSSR count). The minimum Gasteiger partial charge on any atom is -0.475 e. The highest BCUT2D eigenvalue weighted by atomic mass is 19.4. The summed E-state index contributed by atoms with van der Waals surface area (Å²) < 4.78 is 96.1. The average Bonchev–Trinajstić information content (AvgIpc) is 3.33. The molecule has 0 bridgehead atoms. The molecule has 6 N–H and O–H groups in total. The number of pyridine rings is 2. The minimum atomic E-state index is -5.08. The summed E-state index contributed by atoms with van der Waals surface area (Å²) in [5.74, 6) is 1.30. The smallest absolute Gasteiger partial charge is 0.475 e. The predicted molar refractivity (Wildman–Crippen MR) is 140 cm³/mol. The Morgan fingerprint density at radius 3 is 2.22 bits per heavy atom. The highest BCUT2D eigenvalue weighted by Crippen LogP contribution is 2.24. The van der Waals surface area contributed by atoms with Gasteiger partial charge >= 0.3 is 30.0 Å². The zero-order valence-corrected chi connectivity index (χ0v) is 23.1. The number of aliphatic carboxylic acids is 2. The maximum absolute atomic E-state index is 13.0. The molecule has 3 aromatic rings. The third-order valence-electron chi connectivity index (χ3n) is 5.23. The van der Waals surface area contributed by atoms with E-state index in [1.807, 2.05) is 6.07 Å². The second kappa shape index (κ2) is 15.5. The normalized spacial score (nSPS) is 11.9. The number of aromatic nitrogens is 5. The lowest BCUT2D eigenvalue weighted by atomic mass is 10.1. The van der Waals surface area contributed by atoms with Crippen LogP contribution in [-0.4, -0.2) is 78.9 Å². The van der Waals surface area contributed by atoms with E-state index in [4.69, 9.17) is 30.3 Å². The molecule has 3 aromatic heterocycles. The fourth-order valence-electron chi connectivity index (χ4n) is 3.17. The van der Waals surface area contributed by atoms with Crippen LogP contribution in [0, 0.1) is 18.8 Å². The van der Waals surface area contributed by atoms with E-state index < -0.39 is 36.1 Å². The number of alkyl halides is 6. The van der Waals surface area contributed by atoms with Gasteiger partial charge in [0.1, 0.15) is 23.9 Å². The molecule has 0 saturated heterocycles. The lowest BCUT2D eigenvalue weighted by Gasteiger charge is -2.17. The molecule has 46 heavy (non-hydrogen) atoms. The number of aromatic amines is 1. The van der Waals surface area contributed by atoms with Crippen molar-refractivity contribution in [2.75, 3.05) is 25.0 Å². The van der Waals surface area contributed by atoms with Crippen molar-refractivity contribution in [1.82, 2.24) is 24.7 Å². The summed E-state index contributed by atoms with van der Waals surface area (Å²) in [6.45, 7) is 2.66. The molecule has 21 heteroatoms. The van der Waals surface area contributed by atoms with E-state index in [-0.39, 0.29) is 30.2 Å². The van der Waals surface area contributed by atoms with Crippen molar-refractivity contribution in [3.05, 3.63) is 69.2 Å². The number of carboxylic acid groups (broad SMARTS) is 2. The van der Waals surface area contributed by atoms with E-state index in [2.05, 4.69) is 37.3 Å². The highest BCUT2D eigenvalue weighted by molar-refractivity contribution is 5.73. The molecule has 0 radical (unpaired) electrons. The zero-order valence-electron chi connectivity index (χ0n) is 23.1. The van der Waals surface area contributed by atoms with Gasteiger partial charge in [-0.15, -0.1) is 0 Å².